The summed E-state index contributed by atoms with van der Waals surface area (Å²) in [5, 5.41) is 1.62. The van der Waals surface area contributed by atoms with Gasteiger partial charge in [-0.3, -0.25) is 4.79 Å². The summed E-state index contributed by atoms with van der Waals surface area (Å²) in [6.07, 6.45) is 2.40. The van der Waals surface area contributed by atoms with E-state index in [-0.39, 0.29) is 17.5 Å². The number of rotatable bonds is 7. The lowest BCUT2D eigenvalue weighted by Gasteiger charge is -2.10. The Balaban J connectivity index is 1.86. The molecule has 0 aliphatic heterocycles. The van der Waals surface area contributed by atoms with Crippen LogP contribution in [0.1, 0.15) is 23.7 Å². The van der Waals surface area contributed by atoms with Crippen molar-refractivity contribution in [1.82, 2.24) is 4.57 Å². The van der Waals surface area contributed by atoms with Crippen molar-refractivity contribution in [3.05, 3.63) is 89.3 Å². The molecule has 1 heterocycles. The predicted octanol–water partition coefficient (Wildman–Crippen LogP) is 6.95. The first-order valence-electron chi connectivity index (χ1n) is 10.2. The first-order chi connectivity index (χ1) is 15.0. The lowest BCUT2D eigenvalue weighted by molar-refractivity contribution is 0.0920. The number of fused-ring (bicyclic) bond motifs is 1. The number of nitrogens with zero attached hydrogens (tertiary/aromatic N) is 1. The van der Waals surface area contributed by atoms with E-state index in [1.165, 1.54) is 12.1 Å². The Hall–Kier alpha value is -2.95. The van der Waals surface area contributed by atoms with Crippen molar-refractivity contribution in [2.75, 3.05) is 13.7 Å². The van der Waals surface area contributed by atoms with Gasteiger partial charge in [-0.05, 0) is 42.3 Å². The standard InChI is InChI=1S/C26H23ClFNO2/c1-17(16-31-2)13-26(30)18-7-12-22-23(21-5-3-4-6-24(21)27)15-29(25(22)14-18)20-10-8-19(28)9-11-20/h3-12,14-15,17H,13,16H2,1-2H3. The third kappa shape index (κ3) is 4.41. The molecule has 0 spiro atoms. The number of carbonyl (C=O) groups is 1. The second-order valence-electron chi connectivity index (χ2n) is 7.79. The summed E-state index contributed by atoms with van der Waals surface area (Å²) >= 11 is 6.48. The van der Waals surface area contributed by atoms with Gasteiger partial charge in [-0.1, -0.05) is 48.9 Å². The number of benzene rings is 3. The lowest BCUT2D eigenvalue weighted by Crippen LogP contribution is -2.10. The Morgan fingerprint density at radius 1 is 1.06 bits per heavy atom. The van der Waals surface area contributed by atoms with Gasteiger partial charge in [0.1, 0.15) is 5.82 Å². The smallest absolute Gasteiger partial charge is 0.163 e. The van der Waals surface area contributed by atoms with Crippen LogP contribution in [0.2, 0.25) is 5.02 Å². The molecular weight excluding hydrogens is 413 g/mol. The molecule has 3 nitrogen and oxygen atoms in total. The van der Waals surface area contributed by atoms with Crippen LogP contribution in [-0.4, -0.2) is 24.1 Å². The van der Waals surface area contributed by atoms with Gasteiger partial charge >= 0.3 is 0 Å². The number of ether oxygens (including phenoxy) is 1. The fourth-order valence-electron chi connectivity index (χ4n) is 3.89. The summed E-state index contributed by atoms with van der Waals surface area (Å²) in [4.78, 5) is 12.9. The van der Waals surface area contributed by atoms with E-state index in [0.29, 0.717) is 23.6 Å². The molecule has 1 atom stereocenters. The molecule has 5 heteroatoms. The lowest BCUT2D eigenvalue weighted by atomic mass is 9.98. The van der Waals surface area contributed by atoms with Crippen molar-refractivity contribution in [3.8, 4) is 16.8 Å². The number of aromatic nitrogens is 1. The van der Waals surface area contributed by atoms with Crippen molar-refractivity contribution < 1.29 is 13.9 Å². The molecule has 0 aliphatic carbocycles. The third-order valence-electron chi connectivity index (χ3n) is 5.38. The van der Waals surface area contributed by atoms with Gasteiger partial charge in [0.05, 0.1) is 5.52 Å². The van der Waals surface area contributed by atoms with Crippen LogP contribution in [0.5, 0.6) is 0 Å². The van der Waals surface area contributed by atoms with Crippen molar-refractivity contribution in [1.29, 1.82) is 0 Å². The fraction of sp³-hybridized carbons (Fsp3) is 0.192. The minimum Gasteiger partial charge on any atom is -0.384 e. The van der Waals surface area contributed by atoms with Crippen LogP contribution in [0.15, 0.2) is 72.9 Å². The average Bonchev–Trinajstić information content (AvgIpc) is 3.13. The molecule has 0 radical (unpaired) electrons. The van der Waals surface area contributed by atoms with E-state index in [1.807, 2.05) is 60.2 Å². The van der Waals surface area contributed by atoms with E-state index in [4.69, 9.17) is 16.3 Å². The van der Waals surface area contributed by atoms with Crippen molar-refractivity contribution in [3.63, 3.8) is 0 Å². The highest BCUT2D eigenvalue weighted by Crippen LogP contribution is 2.37. The Labute approximate surface area is 186 Å². The summed E-state index contributed by atoms with van der Waals surface area (Å²) in [6, 6.07) is 19.7. The van der Waals surface area contributed by atoms with Gasteiger partial charge in [0, 0.05) is 59.1 Å². The van der Waals surface area contributed by atoms with Gasteiger partial charge in [-0.2, -0.15) is 0 Å². The second-order valence-corrected chi connectivity index (χ2v) is 8.20. The van der Waals surface area contributed by atoms with E-state index in [9.17, 15) is 9.18 Å². The maximum atomic E-state index is 13.5. The van der Waals surface area contributed by atoms with Crippen LogP contribution < -0.4 is 0 Å². The number of carbonyl (C=O) groups excluding carboxylic acids is 1. The number of halogens is 2. The zero-order valence-electron chi connectivity index (χ0n) is 17.4. The minimum absolute atomic E-state index is 0.0672. The van der Waals surface area contributed by atoms with Crippen LogP contribution in [0.25, 0.3) is 27.7 Å². The van der Waals surface area contributed by atoms with E-state index in [2.05, 4.69) is 0 Å². The Bertz CT molecular complexity index is 1230. The number of ketones is 1. The van der Waals surface area contributed by atoms with E-state index in [0.717, 1.165) is 27.7 Å². The first kappa shape index (κ1) is 21.3. The zero-order chi connectivity index (χ0) is 22.0. The normalized spacial score (nSPS) is 12.3. The van der Waals surface area contributed by atoms with Crippen LogP contribution in [0.3, 0.4) is 0 Å². The Kier molecular flexibility index (Phi) is 6.21. The molecule has 1 aromatic heterocycles. The molecule has 0 fully saturated rings. The van der Waals surface area contributed by atoms with Gasteiger partial charge < -0.3 is 9.30 Å². The largest absolute Gasteiger partial charge is 0.384 e. The zero-order valence-corrected chi connectivity index (χ0v) is 18.2. The van der Waals surface area contributed by atoms with Gasteiger partial charge in [0.15, 0.2) is 5.78 Å². The predicted molar refractivity (Wildman–Crippen MR) is 124 cm³/mol. The Morgan fingerprint density at radius 3 is 2.52 bits per heavy atom. The van der Waals surface area contributed by atoms with Crippen LogP contribution in [0.4, 0.5) is 4.39 Å². The SMILES string of the molecule is COCC(C)CC(=O)c1ccc2c(-c3ccccc3Cl)cn(-c3ccc(F)cc3)c2c1. The molecule has 0 bridgehead atoms. The summed E-state index contributed by atoms with van der Waals surface area (Å²) in [7, 11) is 1.64. The van der Waals surface area contributed by atoms with E-state index in [1.54, 1.807) is 19.2 Å². The molecule has 4 aromatic rings. The van der Waals surface area contributed by atoms with Crippen molar-refractivity contribution >= 4 is 28.3 Å². The summed E-state index contributed by atoms with van der Waals surface area (Å²) in [5.74, 6) is -0.0945. The number of hydrogen-bond donors (Lipinski definition) is 0. The highest BCUT2D eigenvalue weighted by molar-refractivity contribution is 6.33. The highest BCUT2D eigenvalue weighted by Gasteiger charge is 2.17. The van der Waals surface area contributed by atoms with Crippen LogP contribution >= 0.6 is 11.6 Å². The molecule has 0 saturated carbocycles. The van der Waals surface area contributed by atoms with Crippen molar-refractivity contribution in [2.24, 2.45) is 5.92 Å². The van der Waals surface area contributed by atoms with Gasteiger partial charge in [0.25, 0.3) is 0 Å². The molecule has 0 aliphatic rings. The molecule has 0 saturated heterocycles. The second kappa shape index (κ2) is 9.04. The molecule has 3 aromatic carbocycles. The van der Waals surface area contributed by atoms with Gasteiger partial charge in [-0.25, -0.2) is 4.39 Å². The average molecular weight is 436 g/mol. The maximum Gasteiger partial charge on any atom is 0.163 e. The number of Topliss-reactive ketones (excluding diaryl/α,β-unsaturated/α-hetero) is 1. The third-order valence-corrected chi connectivity index (χ3v) is 5.71. The molecular formula is C26H23ClFNO2. The molecule has 0 N–H and O–H groups in total. The Morgan fingerprint density at radius 2 is 1.81 bits per heavy atom. The maximum absolute atomic E-state index is 13.5. The molecule has 158 valence electrons. The molecule has 0 amide bonds. The van der Waals surface area contributed by atoms with Gasteiger partial charge in [0.2, 0.25) is 0 Å². The van der Waals surface area contributed by atoms with Crippen LogP contribution in [0, 0.1) is 11.7 Å². The summed E-state index contributed by atoms with van der Waals surface area (Å²) in [5.41, 5.74) is 4.18. The summed E-state index contributed by atoms with van der Waals surface area (Å²) in [6.45, 7) is 2.53. The van der Waals surface area contributed by atoms with E-state index >= 15 is 0 Å². The fourth-order valence-corrected chi connectivity index (χ4v) is 4.13. The molecule has 1 unspecified atom stereocenters. The quantitative estimate of drug-likeness (QED) is 0.294. The van der Waals surface area contributed by atoms with E-state index < -0.39 is 0 Å². The number of methoxy groups -OCH3 is 1. The molecule has 4 rings (SSSR count). The number of hydrogen-bond acceptors (Lipinski definition) is 2. The monoisotopic (exact) mass is 435 g/mol. The van der Waals surface area contributed by atoms with Crippen LogP contribution in [-0.2, 0) is 4.74 Å². The summed E-state index contributed by atoms with van der Waals surface area (Å²) < 4.78 is 20.6. The van der Waals surface area contributed by atoms with Gasteiger partial charge in [-0.15, -0.1) is 0 Å². The molecule has 31 heavy (non-hydrogen) atoms. The topological polar surface area (TPSA) is 31.2 Å². The minimum atomic E-state index is -0.297. The first-order valence-corrected chi connectivity index (χ1v) is 10.5. The van der Waals surface area contributed by atoms with Crippen molar-refractivity contribution in [2.45, 2.75) is 13.3 Å². The highest BCUT2D eigenvalue weighted by atomic mass is 35.5.